The van der Waals surface area contributed by atoms with Gasteiger partial charge in [-0.15, -0.1) is 0 Å². The van der Waals surface area contributed by atoms with Gasteiger partial charge in [-0.2, -0.15) is 0 Å². The Balaban J connectivity index is 3.26. The minimum Gasteiger partial charge on any atom is -0.386 e. The van der Waals surface area contributed by atoms with Crippen molar-refractivity contribution in [1.82, 2.24) is 10.6 Å². The van der Waals surface area contributed by atoms with Crippen LogP contribution in [-0.4, -0.2) is 19.0 Å². The fourth-order valence-electron chi connectivity index (χ4n) is 0.602. The first-order valence-corrected chi connectivity index (χ1v) is 3.91. The lowest BCUT2D eigenvalue weighted by Gasteiger charge is -1.99. The van der Waals surface area contributed by atoms with Crippen molar-refractivity contribution in [3.05, 3.63) is 24.4 Å². The third-order valence-corrected chi connectivity index (χ3v) is 1.16. The molecular formula is C9H16N2O. The summed E-state index contributed by atoms with van der Waals surface area (Å²) >= 11 is 0. The predicted octanol–water partition coefficient (Wildman–Crippen LogP) is 0.802. The van der Waals surface area contributed by atoms with Crippen molar-refractivity contribution in [2.45, 2.75) is 13.8 Å². The first kappa shape index (κ1) is 10.8. The van der Waals surface area contributed by atoms with E-state index in [4.69, 9.17) is 0 Å². The van der Waals surface area contributed by atoms with Crippen molar-refractivity contribution in [2.24, 2.45) is 0 Å². The van der Waals surface area contributed by atoms with E-state index in [0.717, 1.165) is 12.2 Å². The maximum atomic E-state index is 10.4. The molecule has 1 amide bonds. The Labute approximate surface area is 73.5 Å². The highest BCUT2D eigenvalue weighted by atomic mass is 16.1. The molecule has 12 heavy (non-hydrogen) atoms. The van der Waals surface area contributed by atoms with Crippen molar-refractivity contribution in [1.29, 1.82) is 0 Å². The van der Waals surface area contributed by atoms with Crippen LogP contribution in [0.4, 0.5) is 0 Å². The summed E-state index contributed by atoms with van der Waals surface area (Å²) in [5, 5.41) is 5.70. The van der Waals surface area contributed by atoms with Gasteiger partial charge >= 0.3 is 0 Å². The van der Waals surface area contributed by atoms with E-state index in [9.17, 15) is 4.79 Å². The van der Waals surface area contributed by atoms with Gasteiger partial charge in [0.2, 0.25) is 5.91 Å². The molecule has 0 aliphatic rings. The summed E-state index contributed by atoms with van der Waals surface area (Å²) in [5.74, 6) is -0.00693. The second-order valence-electron chi connectivity index (χ2n) is 2.57. The van der Waals surface area contributed by atoms with Crippen LogP contribution in [0, 0.1) is 0 Å². The smallest absolute Gasteiger partial charge is 0.217 e. The number of hydrogen-bond acceptors (Lipinski definition) is 2. The lowest BCUT2D eigenvalue weighted by molar-refractivity contribution is -0.118. The number of hydrogen-bond donors (Lipinski definition) is 2. The average molecular weight is 168 g/mol. The van der Waals surface area contributed by atoms with Crippen LogP contribution in [0.1, 0.15) is 13.8 Å². The summed E-state index contributed by atoms with van der Waals surface area (Å²) < 4.78 is 0. The van der Waals surface area contributed by atoms with Gasteiger partial charge in [-0.25, -0.2) is 0 Å². The van der Waals surface area contributed by atoms with Gasteiger partial charge in [0.05, 0.1) is 0 Å². The molecule has 2 N–H and O–H groups in total. The highest BCUT2D eigenvalue weighted by Gasteiger charge is 1.83. The number of allylic oxidation sites excluding steroid dienone is 1. The Hall–Kier alpha value is -1.25. The molecule has 0 fully saturated rings. The standard InChI is InChI=1S/C9H16N2O/c1-8(2)10-6-4-5-7-11-9(3)12/h4-5,10H,1,6-7H2,2-3H3,(H,11,12)/b5-4+. The normalized spacial score (nSPS) is 9.83. The van der Waals surface area contributed by atoms with Gasteiger partial charge in [0.25, 0.3) is 0 Å². The van der Waals surface area contributed by atoms with E-state index in [1.807, 2.05) is 19.1 Å². The molecule has 0 rings (SSSR count). The van der Waals surface area contributed by atoms with Gasteiger partial charge in [-0.3, -0.25) is 4.79 Å². The molecule has 0 aliphatic carbocycles. The lowest BCUT2D eigenvalue weighted by atomic mass is 10.4. The SMILES string of the molecule is C=C(C)NC/C=C/CNC(C)=O. The summed E-state index contributed by atoms with van der Waals surface area (Å²) in [7, 11) is 0. The third kappa shape index (κ3) is 8.75. The summed E-state index contributed by atoms with van der Waals surface area (Å²) in [6, 6.07) is 0. The van der Waals surface area contributed by atoms with Gasteiger partial charge in [0, 0.05) is 25.7 Å². The van der Waals surface area contributed by atoms with Crippen LogP contribution in [0.5, 0.6) is 0 Å². The van der Waals surface area contributed by atoms with E-state index in [-0.39, 0.29) is 5.91 Å². The molecule has 0 unspecified atom stereocenters. The van der Waals surface area contributed by atoms with Crippen molar-refractivity contribution < 1.29 is 4.79 Å². The lowest BCUT2D eigenvalue weighted by Crippen LogP contribution is -2.19. The molecule has 0 aromatic carbocycles. The quantitative estimate of drug-likeness (QED) is 0.596. The Morgan fingerprint density at radius 2 is 1.75 bits per heavy atom. The van der Waals surface area contributed by atoms with Gasteiger partial charge in [0.1, 0.15) is 0 Å². The third-order valence-electron chi connectivity index (χ3n) is 1.16. The molecule has 3 nitrogen and oxygen atoms in total. The van der Waals surface area contributed by atoms with Crippen LogP contribution in [-0.2, 0) is 4.79 Å². The first-order chi connectivity index (χ1) is 5.63. The van der Waals surface area contributed by atoms with Crippen LogP contribution in [0.3, 0.4) is 0 Å². The zero-order valence-electron chi connectivity index (χ0n) is 7.68. The molecule has 0 saturated carbocycles. The molecule has 3 heteroatoms. The van der Waals surface area contributed by atoms with Crippen molar-refractivity contribution in [3.8, 4) is 0 Å². The van der Waals surface area contributed by atoms with Crippen LogP contribution in [0.2, 0.25) is 0 Å². The molecular weight excluding hydrogens is 152 g/mol. The fraction of sp³-hybridized carbons (Fsp3) is 0.444. The number of carbonyl (C=O) groups excluding carboxylic acids is 1. The molecule has 0 aliphatic heterocycles. The largest absolute Gasteiger partial charge is 0.386 e. The van der Waals surface area contributed by atoms with Crippen molar-refractivity contribution >= 4 is 5.91 Å². The van der Waals surface area contributed by atoms with Crippen LogP contribution >= 0.6 is 0 Å². The maximum absolute atomic E-state index is 10.4. The van der Waals surface area contributed by atoms with E-state index < -0.39 is 0 Å². The molecule has 0 spiro atoms. The van der Waals surface area contributed by atoms with E-state index in [1.165, 1.54) is 6.92 Å². The zero-order chi connectivity index (χ0) is 9.40. The van der Waals surface area contributed by atoms with Crippen LogP contribution < -0.4 is 10.6 Å². The summed E-state index contributed by atoms with van der Waals surface area (Å²) in [5.41, 5.74) is 0.944. The highest BCUT2D eigenvalue weighted by molar-refractivity contribution is 5.72. The number of carbonyl (C=O) groups is 1. The Morgan fingerprint density at radius 1 is 1.25 bits per heavy atom. The number of rotatable bonds is 5. The molecule has 68 valence electrons. The zero-order valence-corrected chi connectivity index (χ0v) is 7.68. The average Bonchev–Trinajstić information content (AvgIpc) is 1.95. The summed E-state index contributed by atoms with van der Waals surface area (Å²) in [6.45, 7) is 8.44. The van der Waals surface area contributed by atoms with Crippen molar-refractivity contribution in [3.63, 3.8) is 0 Å². The Morgan fingerprint density at radius 3 is 2.17 bits per heavy atom. The topological polar surface area (TPSA) is 41.1 Å². The van der Waals surface area contributed by atoms with E-state index in [0.29, 0.717) is 6.54 Å². The molecule has 0 bridgehead atoms. The monoisotopic (exact) mass is 168 g/mol. The van der Waals surface area contributed by atoms with E-state index in [2.05, 4.69) is 17.2 Å². The predicted molar refractivity (Wildman–Crippen MR) is 50.6 cm³/mol. The number of amides is 1. The summed E-state index contributed by atoms with van der Waals surface area (Å²) in [4.78, 5) is 10.4. The van der Waals surface area contributed by atoms with Crippen molar-refractivity contribution in [2.75, 3.05) is 13.1 Å². The molecule has 0 atom stereocenters. The highest BCUT2D eigenvalue weighted by Crippen LogP contribution is 1.77. The molecule has 0 heterocycles. The van der Waals surface area contributed by atoms with Crippen LogP contribution in [0.15, 0.2) is 24.4 Å². The second-order valence-corrected chi connectivity index (χ2v) is 2.57. The van der Waals surface area contributed by atoms with Gasteiger partial charge in [0.15, 0.2) is 0 Å². The molecule has 0 saturated heterocycles. The Kier molecular flexibility index (Phi) is 5.79. The van der Waals surface area contributed by atoms with Crippen LogP contribution in [0.25, 0.3) is 0 Å². The van der Waals surface area contributed by atoms with E-state index in [1.54, 1.807) is 0 Å². The molecule has 0 aromatic rings. The van der Waals surface area contributed by atoms with Gasteiger partial charge < -0.3 is 10.6 Å². The fourth-order valence-corrected chi connectivity index (χ4v) is 0.602. The number of nitrogens with one attached hydrogen (secondary N) is 2. The van der Waals surface area contributed by atoms with E-state index >= 15 is 0 Å². The minimum absolute atomic E-state index is 0.00693. The second kappa shape index (κ2) is 6.46. The summed E-state index contributed by atoms with van der Waals surface area (Å²) in [6.07, 6.45) is 3.85. The Bertz CT molecular complexity index is 165. The first-order valence-electron chi connectivity index (χ1n) is 3.91. The maximum Gasteiger partial charge on any atom is 0.217 e. The van der Waals surface area contributed by atoms with Gasteiger partial charge in [-0.05, 0) is 6.92 Å². The molecule has 0 radical (unpaired) electrons. The molecule has 0 aromatic heterocycles. The van der Waals surface area contributed by atoms with Gasteiger partial charge in [-0.1, -0.05) is 18.7 Å². The minimum atomic E-state index is -0.00693.